The summed E-state index contributed by atoms with van der Waals surface area (Å²) in [6.07, 6.45) is 3.33. The average Bonchev–Trinajstić information content (AvgIpc) is 2.87. The summed E-state index contributed by atoms with van der Waals surface area (Å²) in [5, 5.41) is 7.23. The fraction of sp³-hybridized carbons (Fsp3) is 0.714. The van der Waals surface area contributed by atoms with E-state index in [1.807, 2.05) is 44.9 Å². The predicted molar refractivity (Wildman–Crippen MR) is 81.5 cm³/mol. The van der Waals surface area contributed by atoms with E-state index in [1.165, 1.54) is 0 Å². The first-order chi connectivity index (χ1) is 9.47. The van der Waals surface area contributed by atoms with E-state index in [4.69, 9.17) is 5.73 Å². The molecule has 1 amide bonds. The minimum absolute atomic E-state index is 0.0390. The summed E-state index contributed by atoms with van der Waals surface area (Å²) in [7, 11) is 4.04. The summed E-state index contributed by atoms with van der Waals surface area (Å²) < 4.78 is 1.83. The van der Waals surface area contributed by atoms with E-state index in [1.54, 1.807) is 0 Å². The molecule has 0 bridgehead atoms. The van der Waals surface area contributed by atoms with E-state index in [0.717, 1.165) is 25.9 Å². The number of hydrogen-bond acceptors (Lipinski definition) is 4. The van der Waals surface area contributed by atoms with Crippen LogP contribution in [0.2, 0.25) is 0 Å². The number of rotatable bonds is 8. The van der Waals surface area contributed by atoms with Crippen LogP contribution in [0.15, 0.2) is 12.3 Å². The van der Waals surface area contributed by atoms with E-state index < -0.39 is 5.41 Å². The van der Waals surface area contributed by atoms with Crippen LogP contribution in [0, 0.1) is 5.41 Å². The number of anilines is 1. The Labute approximate surface area is 121 Å². The Morgan fingerprint density at radius 1 is 1.45 bits per heavy atom. The van der Waals surface area contributed by atoms with Crippen LogP contribution in [-0.2, 0) is 11.3 Å². The van der Waals surface area contributed by atoms with Gasteiger partial charge in [-0.05, 0) is 26.9 Å². The van der Waals surface area contributed by atoms with Crippen molar-refractivity contribution >= 4 is 11.7 Å². The Kier molecular flexibility index (Phi) is 6.16. The second kappa shape index (κ2) is 7.40. The van der Waals surface area contributed by atoms with Gasteiger partial charge in [0.25, 0.3) is 0 Å². The van der Waals surface area contributed by atoms with Crippen LogP contribution >= 0.6 is 0 Å². The molecule has 6 heteroatoms. The van der Waals surface area contributed by atoms with Gasteiger partial charge in [-0.15, -0.1) is 0 Å². The minimum atomic E-state index is -0.493. The highest BCUT2D eigenvalue weighted by molar-refractivity contribution is 5.94. The summed E-state index contributed by atoms with van der Waals surface area (Å²) in [5.74, 6) is 0.552. The molecule has 0 fully saturated rings. The zero-order valence-corrected chi connectivity index (χ0v) is 13.0. The summed E-state index contributed by atoms with van der Waals surface area (Å²) in [5.41, 5.74) is 5.28. The van der Waals surface area contributed by atoms with Crippen molar-refractivity contribution < 1.29 is 4.79 Å². The SMILES string of the molecule is CCC(CC)(CN)C(=O)Nc1ccn(CCN(C)C)n1. The van der Waals surface area contributed by atoms with Gasteiger partial charge in [-0.1, -0.05) is 13.8 Å². The molecule has 1 aromatic rings. The van der Waals surface area contributed by atoms with Crippen LogP contribution in [0.4, 0.5) is 5.82 Å². The van der Waals surface area contributed by atoms with Crippen molar-refractivity contribution in [2.75, 3.05) is 32.5 Å². The maximum Gasteiger partial charge on any atom is 0.233 e. The highest BCUT2D eigenvalue weighted by Crippen LogP contribution is 2.26. The van der Waals surface area contributed by atoms with Gasteiger partial charge in [0.15, 0.2) is 5.82 Å². The third kappa shape index (κ3) is 4.05. The second-order valence-electron chi connectivity index (χ2n) is 5.41. The molecule has 0 radical (unpaired) electrons. The molecule has 0 aliphatic carbocycles. The summed E-state index contributed by atoms with van der Waals surface area (Å²) >= 11 is 0. The molecule has 0 aliphatic heterocycles. The number of amides is 1. The number of aromatic nitrogens is 2. The molecule has 0 spiro atoms. The fourth-order valence-corrected chi connectivity index (χ4v) is 2.06. The van der Waals surface area contributed by atoms with Crippen molar-refractivity contribution in [2.45, 2.75) is 33.2 Å². The summed E-state index contributed by atoms with van der Waals surface area (Å²) in [6.45, 7) is 6.04. The Hall–Kier alpha value is -1.40. The van der Waals surface area contributed by atoms with Crippen molar-refractivity contribution in [3.05, 3.63) is 12.3 Å². The molecule has 0 unspecified atom stereocenters. The van der Waals surface area contributed by atoms with Crippen LogP contribution in [0.1, 0.15) is 26.7 Å². The number of nitrogens with one attached hydrogen (secondary N) is 1. The third-order valence-corrected chi connectivity index (χ3v) is 3.88. The van der Waals surface area contributed by atoms with Gasteiger partial charge in [0, 0.05) is 25.4 Å². The first kappa shape index (κ1) is 16.7. The summed E-state index contributed by atoms with van der Waals surface area (Å²) in [4.78, 5) is 14.4. The minimum Gasteiger partial charge on any atom is -0.329 e. The zero-order valence-electron chi connectivity index (χ0n) is 13.0. The molecule has 1 rings (SSSR count). The smallest absolute Gasteiger partial charge is 0.233 e. The van der Waals surface area contributed by atoms with Gasteiger partial charge < -0.3 is 16.0 Å². The summed E-state index contributed by atoms with van der Waals surface area (Å²) in [6, 6.07) is 1.82. The Balaban J connectivity index is 2.66. The van der Waals surface area contributed by atoms with Crippen molar-refractivity contribution in [1.29, 1.82) is 0 Å². The number of likely N-dealkylation sites (N-methyl/N-ethyl adjacent to an activating group) is 1. The van der Waals surface area contributed by atoms with Crippen LogP contribution in [-0.4, -0.2) is 47.8 Å². The molecule has 0 aromatic carbocycles. The van der Waals surface area contributed by atoms with Crippen molar-refractivity contribution in [3.8, 4) is 0 Å². The predicted octanol–water partition coefficient (Wildman–Crippen LogP) is 1.15. The lowest BCUT2D eigenvalue weighted by atomic mass is 9.81. The largest absolute Gasteiger partial charge is 0.329 e. The Morgan fingerprint density at radius 3 is 2.60 bits per heavy atom. The fourth-order valence-electron chi connectivity index (χ4n) is 2.06. The van der Waals surface area contributed by atoms with E-state index in [2.05, 4.69) is 15.3 Å². The molecule has 0 aliphatic rings. The molecule has 3 N–H and O–H groups in total. The monoisotopic (exact) mass is 281 g/mol. The molecular weight excluding hydrogens is 254 g/mol. The van der Waals surface area contributed by atoms with Crippen molar-refractivity contribution in [3.63, 3.8) is 0 Å². The van der Waals surface area contributed by atoms with Gasteiger partial charge in [0.1, 0.15) is 0 Å². The van der Waals surface area contributed by atoms with E-state index in [9.17, 15) is 4.79 Å². The first-order valence-electron chi connectivity index (χ1n) is 7.17. The standard InChI is InChI=1S/C14H27N5O/c1-5-14(6-2,11-15)13(20)16-12-7-8-19(17-12)10-9-18(3)4/h7-8H,5-6,9-11,15H2,1-4H3,(H,16,17,20). The lowest BCUT2D eigenvalue weighted by Crippen LogP contribution is -2.41. The number of carbonyl (C=O) groups is 1. The quantitative estimate of drug-likeness (QED) is 0.749. The lowest BCUT2D eigenvalue weighted by molar-refractivity contribution is -0.125. The third-order valence-electron chi connectivity index (χ3n) is 3.88. The lowest BCUT2D eigenvalue weighted by Gasteiger charge is -2.27. The molecule has 1 heterocycles. The van der Waals surface area contributed by atoms with Gasteiger partial charge in [0.2, 0.25) is 5.91 Å². The van der Waals surface area contributed by atoms with E-state index >= 15 is 0 Å². The molecule has 0 atom stereocenters. The average molecular weight is 281 g/mol. The first-order valence-corrected chi connectivity index (χ1v) is 7.17. The van der Waals surface area contributed by atoms with Gasteiger partial charge in [-0.3, -0.25) is 9.48 Å². The number of nitrogens with zero attached hydrogens (tertiary/aromatic N) is 3. The molecule has 6 nitrogen and oxygen atoms in total. The molecule has 114 valence electrons. The second-order valence-corrected chi connectivity index (χ2v) is 5.41. The van der Waals surface area contributed by atoms with E-state index in [-0.39, 0.29) is 5.91 Å². The normalized spacial score (nSPS) is 11.9. The molecular formula is C14H27N5O. The van der Waals surface area contributed by atoms with Crippen LogP contribution < -0.4 is 11.1 Å². The van der Waals surface area contributed by atoms with Crippen molar-refractivity contribution in [1.82, 2.24) is 14.7 Å². The maximum absolute atomic E-state index is 12.4. The molecule has 0 saturated heterocycles. The maximum atomic E-state index is 12.4. The van der Waals surface area contributed by atoms with Gasteiger partial charge in [0.05, 0.1) is 12.0 Å². The molecule has 1 aromatic heterocycles. The van der Waals surface area contributed by atoms with E-state index in [0.29, 0.717) is 12.4 Å². The Morgan fingerprint density at radius 2 is 2.10 bits per heavy atom. The van der Waals surface area contributed by atoms with Crippen LogP contribution in [0.5, 0.6) is 0 Å². The van der Waals surface area contributed by atoms with Crippen LogP contribution in [0.3, 0.4) is 0 Å². The van der Waals surface area contributed by atoms with Crippen molar-refractivity contribution in [2.24, 2.45) is 11.1 Å². The number of nitrogens with two attached hydrogens (primary N) is 1. The van der Waals surface area contributed by atoms with Crippen LogP contribution in [0.25, 0.3) is 0 Å². The van der Waals surface area contributed by atoms with Gasteiger partial charge in [-0.25, -0.2) is 0 Å². The molecule has 0 saturated carbocycles. The van der Waals surface area contributed by atoms with Gasteiger partial charge >= 0.3 is 0 Å². The number of carbonyl (C=O) groups excluding carboxylic acids is 1. The Bertz CT molecular complexity index is 415. The van der Waals surface area contributed by atoms with Gasteiger partial charge in [-0.2, -0.15) is 5.10 Å². The number of hydrogen-bond donors (Lipinski definition) is 2. The highest BCUT2D eigenvalue weighted by atomic mass is 16.2. The highest BCUT2D eigenvalue weighted by Gasteiger charge is 2.33. The zero-order chi connectivity index (χ0) is 15.2. The molecule has 20 heavy (non-hydrogen) atoms. The topological polar surface area (TPSA) is 76.2 Å².